The zero-order chi connectivity index (χ0) is 10.7. The number of halogens is 1. The van der Waals surface area contributed by atoms with Crippen LogP contribution in [0.25, 0.3) is 0 Å². The highest BCUT2D eigenvalue weighted by Gasteiger charge is 2.23. The summed E-state index contributed by atoms with van der Waals surface area (Å²) in [7, 11) is 0. The van der Waals surface area contributed by atoms with Crippen molar-refractivity contribution >= 4 is 17.4 Å². The lowest BCUT2D eigenvalue weighted by molar-refractivity contribution is 0.640. The zero-order valence-electron chi connectivity index (χ0n) is 9.12. The fraction of sp³-hybridized carbons (Fsp3) is 0.583. The molecular formula is C12H17ClN2. The van der Waals surface area contributed by atoms with Gasteiger partial charge >= 0.3 is 0 Å². The molecule has 2 heterocycles. The predicted octanol–water partition coefficient (Wildman–Crippen LogP) is 3.20. The summed E-state index contributed by atoms with van der Waals surface area (Å²) in [5, 5.41) is 0. The second-order valence-corrected chi connectivity index (χ2v) is 4.29. The van der Waals surface area contributed by atoms with E-state index in [9.17, 15) is 0 Å². The number of hydrogen-bond acceptors (Lipinski definition) is 2. The van der Waals surface area contributed by atoms with Crippen LogP contribution in [0.1, 0.15) is 31.9 Å². The van der Waals surface area contributed by atoms with Crippen molar-refractivity contribution in [1.29, 1.82) is 0 Å². The van der Waals surface area contributed by atoms with Gasteiger partial charge in [-0.1, -0.05) is 13.0 Å². The summed E-state index contributed by atoms with van der Waals surface area (Å²) in [4.78, 5) is 6.98. The smallest absolute Gasteiger partial charge is 0.129 e. The second-order valence-electron chi connectivity index (χ2n) is 4.02. The van der Waals surface area contributed by atoms with E-state index in [1.165, 1.54) is 19.3 Å². The van der Waals surface area contributed by atoms with Crippen molar-refractivity contribution < 1.29 is 0 Å². The number of pyridine rings is 1. The molecule has 15 heavy (non-hydrogen) atoms. The Bertz CT molecular complexity index is 327. The SMILES string of the molecule is CCC1CCCN1c1cccc(CCl)n1. The summed E-state index contributed by atoms with van der Waals surface area (Å²) < 4.78 is 0. The van der Waals surface area contributed by atoms with Crippen LogP contribution in [0.15, 0.2) is 18.2 Å². The topological polar surface area (TPSA) is 16.1 Å². The van der Waals surface area contributed by atoms with Gasteiger partial charge in [-0.25, -0.2) is 4.98 Å². The number of alkyl halides is 1. The third-order valence-electron chi connectivity index (χ3n) is 3.07. The van der Waals surface area contributed by atoms with E-state index in [1.54, 1.807) is 0 Å². The first-order valence-corrected chi connectivity index (χ1v) is 6.17. The van der Waals surface area contributed by atoms with Crippen LogP contribution >= 0.6 is 11.6 Å². The lowest BCUT2D eigenvalue weighted by atomic mass is 10.2. The van der Waals surface area contributed by atoms with E-state index in [4.69, 9.17) is 11.6 Å². The van der Waals surface area contributed by atoms with Crippen molar-refractivity contribution in [1.82, 2.24) is 4.98 Å². The van der Waals surface area contributed by atoms with E-state index in [1.807, 2.05) is 12.1 Å². The summed E-state index contributed by atoms with van der Waals surface area (Å²) in [6.07, 6.45) is 3.78. The van der Waals surface area contributed by atoms with Crippen molar-refractivity contribution in [3.8, 4) is 0 Å². The summed E-state index contributed by atoms with van der Waals surface area (Å²) in [5.74, 6) is 1.59. The Morgan fingerprint density at radius 3 is 3.13 bits per heavy atom. The first-order valence-electron chi connectivity index (χ1n) is 5.63. The largest absolute Gasteiger partial charge is 0.354 e. The van der Waals surface area contributed by atoms with Crippen LogP contribution in [0.5, 0.6) is 0 Å². The lowest BCUT2D eigenvalue weighted by Gasteiger charge is -2.24. The van der Waals surface area contributed by atoms with E-state index in [2.05, 4.69) is 22.9 Å². The van der Waals surface area contributed by atoms with Crippen LogP contribution in [0.3, 0.4) is 0 Å². The van der Waals surface area contributed by atoms with E-state index >= 15 is 0 Å². The zero-order valence-corrected chi connectivity index (χ0v) is 9.87. The molecule has 3 heteroatoms. The molecule has 2 rings (SSSR count). The van der Waals surface area contributed by atoms with Crippen molar-refractivity contribution in [2.75, 3.05) is 11.4 Å². The molecule has 82 valence electrons. The molecule has 1 aliphatic heterocycles. The van der Waals surface area contributed by atoms with Crippen LogP contribution in [-0.2, 0) is 5.88 Å². The third kappa shape index (κ3) is 2.25. The van der Waals surface area contributed by atoms with Gasteiger partial charge in [0.05, 0.1) is 11.6 Å². The highest BCUT2D eigenvalue weighted by molar-refractivity contribution is 6.16. The Morgan fingerprint density at radius 1 is 1.53 bits per heavy atom. The van der Waals surface area contributed by atoms with Gasteiger partial charge in [0.15, 0.2) is 0 Å². The number of hydrogen-bond donors (Lipinski definition) is 0. The molecule has 0 amide bonds. The summed E-state index contributed by atoms with van der Waals surface area (Å²) in [6.45, 7) is 3.38. The van der Waals surface area contributed by atoms with Crippen molar-refractivity contribution in [3.63, 3.8) is 0 Å². The Labute approximate surface area is 96.3 Å². The molecule has 1 aromatic heterocycles. The van der Waals surface area contributed by atoms with Crippen LogP contribution in [0, 0.1) is 0 Å². The van der Waals surface area contributed by atoms with Gasteiger partial charge in [-0.2, -0.15) is 0 Å². The Kier molecular flexibility index (Phi) is 3.47. The Hall–Kier alpha value is -0.760. The van der Waals surface area contributed by atoms with Gasteiger partial charge < -0.3 is 4.90 Å². The van der Waals surface area contributed by atoms with E-state index in [0.717, 1.165) is 18.1 Å². The van der Waals surface area contributed by atoms with Gasteiger partial charge in [0.1, 0.15) is 5.82 Å². The second kappa shape index (κ2) is 4.84. The highest BCUT2D eigenvalue weighted by atomic mass is 35.5. The molecule has 2 nitrogen and oxygen atoms in total. The highest BCUT2D eigenvalue weighted by Crippen LogP contribution is 2.25. The average Bonchev–Trinajstić information content (AvgIpc) is 2.77. The van der Waals surface area contributed by atoms with E-state index in [-0.39, 0.29) is 0 Å². The van der Waals surface area contributed by atoms with Gasteiger partial charge in [-0.05, 0) is 31.4 Å². The standard InChI is InChI=1S/C12H17ClN2/c1-2-11-6-4-8-15(11)12-7-3-5-10(9-13)14-12/h3,5,7,11H,2,4,6,8-9H2,1H3. The summed E-state index contributed by atoms with van der Waals surface area (Å²) in [5.41, 5.74) is 0.968. The molecule has 1 fully saturated rings. The van der Waals surface area contributed by atoms with Crippen molar-refractivity contribution in [2.24, 2.45) is 0 Å². The Morgan fingerprint density at radius 2 is 2.40 bits per heavy atom. The molecule has 0 radical (unpaired) electrons. The maximum Gasteiger partial charge on any atom is 0.129 e. The van der Waals surface area contributed by atoms with Gasteiger partial charge in [0.25, 0.3) is 0 Å². The summed E-state index contributed by atoms with van der Waals surface area (Å²) in [6, 6.07) is 6.78. The van der Waals surface area contributed by atoms with Gasteiger partial charge in [-0.3, -0.25) is 0 Å². The predicted molar refractivity (Wildman–Crippen MR) is 64.5 cm³/mol. The minimum Gasteiger partial charge on any atom is -0.354 e. The van der Waals surface area contributed by atoms with Crippen LogP contribution in [-0.4, -0.2) is 17.6 Å². The fourth-order valence-electron chi connectivity index (χ4n) is 2.26. The van der Waals surface area contributed by atoms with E-state index in [0.29, 0.717) is 11.9 Å². The third-order valence-corrected chi connectivity index (χ3v) is 3.35. The summed E-state index contributed by atoms with van der Waals surface area (Å²) >= 11 is 5.79. The molecule has 0 N–H and O–H groups in total. The fourth-order valence-corrected chi connectivity index (χ4v) is 2.41. The van der Waals surface area contributed by atoms with Crippen LogP contribution in [0.4, 0.5) is 5.82 Å². The normalized spacial score (nSPS) is 20.9. The molecule has 0 spiro atoms. The van der Waals surface area contributed by atoms with Gasteiger partial charge in [-0.15, -0.1) is 11.6 Å². The number of anilines is 1. The number of rotatable bonds is 3. The van der Waals surface area contributed by atoms with Gasteiger partial charge in [0.2, 0.25) is 0 Å². The van der Waals surface area contributed by atoms with Crippen LogP contribution < -0.4 is 4.90 Å². The molecule has 1 aliphatic rings. The molecule has 1 saturated heterocycles. The Balaban J connectivity index is 2.20. The lowest BCUT2D eigenvalue weighted by Crippen LogP contribution is -2.29. The minimum atomic E-state index is 0.498. The van der Waals surface area contributed by atoms with Gasteiger partial charge in [0, 0.05) is 12.6 Å². The van der Waals surface area contributed by atoms with Crippen molar-refractivity contribution in [3.05, 3.63) is 23.9 Å². The maximum atomic E-state index is 5.79. The number of nitrogens with zero attached hydrogens (tertiary/aromatic N) is 2. The molecule has 1 atom stereocenters. The maximum absolute atomic E-state index is 5.79. The van der Waals surface area contributed by atoms with Crippen molar-refractivity contribution in [2.45, 2.75) is 38.1 Å². The monoisotopic (exact) mass is 224 g/mol. The molecule has 0 aromatic carbocycles. The molecule has 1 unspecified atom stereocenters. The molecule has 0 saturated carbocycles. The minimum absolute atomic E-state index is 0.498. The average molecular weight is 225 g/mol. The molecule has 0 bridgehead atoms. The first kappa shape index (κ1) is 10.7. The quantitative estimate of drug-likeness (QED) is 0.733. The van der Waals surface area contributed by atoms with E-state index < -0.39 is 0 Å². The molecular weight excluding hydrogens is 208 g/mol. The first-order chi connectivity index (χ1) is 7.35. The van der Waals surface area contributed by atoms with Crippen LogP contribution in [0.2, 0.25) is 0 Å². The molecule has 1 aromatic rings. The number of aromatic nitrogens is 1. The molecule has 0 aliphatic carbocycles.